The summed E-state index contributed by atoms with van der Waals surface area (Å²) in [4.78, 5) is 12.0. The molecule has 1 aliphatic heterocycles. The number of hydrogen-bond acceptors (Lipinski definition) is 5. The van der Waals surface area contributed by atoms with Gasteiger partial charge in [0, 0.05) is 19.0 Å². The van der Waals surface area contributed by atoms with Crippen molar-refractivity contribution < 1.29 is 17.9 Å². The van der Waals surface area contributed by atoms with Crippen LogP contribution < -0.4 is 14.4 Å². The van der Waals surface area contributed by atoms with E-state index in [1.165, 1.54) is 21.7 Å². The molecule has 164 valence electrons. The summed E-state index contributed by atoms with van der Waals surface area (Å²) >= 11 is 0. The van der Waals surface area contributed by atoms with E-state index in [4.69, 9.17) is 4.74 Å². The Hall–Kier alpha value is -2.64. The minimum Gasteiger partial charge on any atom is -0.489 e. The average Bonchev–Trinajstić information content (AvgIpc) is 2.97. The Morgan fingerprint density at radius 2 is 1.74 bits per heavy atom. The smallest absolute Gasteiger partial charge is 0.231 e. The van der Waals surface area contributed by atoms with E-state index in [0.717, 1.165) is 54.8 Å². The topological polar surface area (TPSA) is 75.7 Å². The average molecular weight is 441 g/mol. The summed E-state index contributed by atoms with van der Waals surface area (Å²) in [5, 5.41) is 3.44. The first-order valence-electron chi connectivity index (χ1n) is 10.6. The van der Waals surface area contributed by atoms with Crippen molar-refractivity contribution in [2.24, 2.45) is 0 Å². The molecule has 7 heteroatoms. The van der Waals surface area contributed by atoms with Gasteiger partial charge in [-0.25, -0.2) is 8.42 Å². The lowest BCUT2D eigenvalue weighted by molar-refractivity contribution is 0.0994. The molecule has 2 aliphatic rings. The van der Waals surface area contributed by atoms with Crippen molar-refractivity contribution in [1.29, 1.82) is 0 Å². The summed E-state index contributed by atoms with van der Waals surface area (Å²) in [6, 6.07) is 13.4. The first-order valence-corrected chi connectivity index (χ1v) is 12.4. The molecule has 1 aliphatic carbocycles. The van der Waals surface area contributed by atoms with Crippen LogP contribution in [0, 0.1) is 0 Å². The number of hydrogen-bond donors (Lipinski definition) is 1. The number of benzene rings is 2. The summed E-state index contributed by atoms with van der Waals surface area (Å²) in [6.07, 6.45) is 4.36. The van der Waals surface area contributed by atoms with Crippen molar-refractivity contribution in [2.45, 2.75) is 25.7 Å². The number of nitrogens with zero attached hydrogens (tertiary/aromatic N) is 1. The lowest BCUT2D eigenvalue weighted by Gasteiger charge is -2.18. The molecule has 0 saturated carbocycles. The normalized spacial score (nSPS) is 16.8. The van der Waals surface area contributed by atoms with Gasteiger partial charge in [0.2, 0.25) is 10.0 Å². The summed E-state index contributed by atoms with van der Waals surface area (Å²) in [6.45, 7) is 2.24. The van der Waals surface area contributed by atoms with Gasteiger partial charge in [-0.1, -0.05) is 18.2 Å². The Labute approximate surface area is 184 Å². The lowest BCUT2D eigenvalue weighted by atomic mass is 9.96. The standard InChI is InChI=1S/C24H28N2O4S/c1-26(31(2,28)29)20-7-3-17(4-8-20)22-12-14-25-13-11-19(22)16-30-21-9-5-18-6-10-24(27)23(18)15-21/h3-5,7-9,15,25H,6,10-14,16H2,1-2H3. The Bertz CT molecular complexity index is 1120. The molecule has 2 aromatic carbocycles. The summed E-state index contributed by atoms with van der Waals surface area (Å²) in [5.41, 5.74) is 6.07. The fourth-order valence-corrected chi connectivity index (χ4v) is 4.66. The van der Waals surface area contributed by atoms with Crippen molar-refractivity contribution in [1.82, 2.24) is 5.32 Å². The van der Waals surface area contributed by atoms with E-state index >= 15 is 0 Å². The highest BCUT2D eigenvalue weighted by atomic mass is 32.2. The van der Waals surface area contributed by atoms with Crippen molar-refractivity contribution in [3.05, 3.63) is 64.7 Å². The number of carbonyl (C=O) groups excluding carboxylic acids is 1. The first kappa shape index (κ1) is 21.6. The van der Waals surface area contributed by atoms with Crippen LogP contribution in [0.5, 0.6) is 5.75 Å². The largest absolute Gasteiger partial charge is 0.489 e. The van der Waals surface area contributed by atoms with Crippen LogP contribution in [-0.4, -0.2) is 47.2 Å². The number of ketones is 1. The second-order valence-corrected chi connectivity index (χ2v) is 10.2. The number of Topliss-reactive ketones (excluding diaryl/α,β-unsaturated/α-hetero) is 1. The number of anilines is 1. The van der Waals surface area contributed by atoms with Gasteiger partial charge in [0.1, 0.15) is 12.4 Å². The van der Waals surface area contributed by atoms with Crippen LogP contribution in [-0.2, 0) is 16.4 Å². The van der Waals surface area contributed by atoms with Gasteiger partial charge < -0.3 is 10.1 Å². The van der Waals surface area contributed by atoms with E-state index < -0.39 is 10.0 Å². The molecule has 31 heavy (non-hydrogen) atoms. The molecule has 0 spiro atoms. The third-order valence-electron chi connectivity index (χ3n) is 6.08. The Balaban J connectivity index is 1.56. The minimum atomic E-state index is -3.29. The number of aryl methyl sites for hydroxylation is 1. The second-order valence-electron chi connectivity index (χ2n) is 8.14. The van der Waals surface area contributed by atoms with E-state index in [-0.39, 0.29) is 5.78 Å². The molecule has 6 nitrogen and oxygen atoms in total. The zero-order valence-corrected chi connectivity index (χ0v) is 18.8. The van der Waals surface area contributed by atoms with Crippen LogP contribution in [0.15, 0.2) is 48.0 Å². The first-order chi connectivity index (χ1) is 14.8. The molecule has 1 heterocycles. The molecule has 0 unspecified atom stereocenters. The molecular formula is C24H28N2O4S. The maximum atomic E-state index is 12.0. The quantitative estimate of drug-likeness (QED) is 0.745. The van der Waals surface area contributed by atoms with E-state index in [0.29, 0.717) is 18.7 Å². The monoisotopic (exact) mass is 440 g/mol. The number of nitrogens with one attached hydrogen (secondary N) is 1. The van der Waals surface area contributed by atoms with Gasteiger partial charge >= 0.3 is 0 Å². The van der Waals surface area contributed by atoms with Crippen molar-refractivity contribution >= 4 is 27.1 Å². The van der Waals surface area contributed by atoms with Gasteiger partial charge in [-0.15, -0.1) is 0 Å². The van der Waals surface area contributed by atoms with Crippen molar-refractivity contribution in [3.63, 3.8) is 0 Å². The molecule has 0 bridgehead atoms. The SMILES string of the molecule is CN(c1ccc(C2=C(COc3ccc4c(c3)C(=O)CC4)CCNCC2)cc1)S(C)(=O)=O. The molecule has 0 atom stereocenters. The van der Waals surface area contributed by atoms with E-state index in [1.54, 1.807) is 7.05 Å². The zero-order valence-electron chi connectivity index (χ0n) is 18.0. The van der Waals surface area contributed by atoms with Crippen molar-refractivity contribution in [3.8, 4) is 5.75 Å². The molecule has 0 fully saturated rings. The number of sulfonamides is 1. The van der Waals surface area contributed by atoms with Gasteiger partial charge in [0.05, 0.1) is 11.9 Å². The highest BCUT2D eigenvalue weighted by Gasteiger charge is 2.20. The molecule has 2 aromatic rings. The third kappa shape index (κ3) is 4.83. The fraction of sp³-hybridized carbons (Fsp3) is 0.375. The fourth-order valence-electron chi connectivity index (χ4n) is 4.15. The molecule has 0 aromatic heterocycles. The molecule has 0 saturated heterocycles. The molecule has 4 rings (SSSR count). The zero-order chi connectivity index (χ0) is 22.0. The van der Waals surface area contributed by atoms with E-state index in [2.05, 4.69) is 5.32 Å². The predicted octanol–water partition coefficient (Wildman–Crippen LogP) is 3.43. The Morgan fingerprint density at radius 3 is 2.48 bits per heavy atom. The Kier molecular flexibility index (Phi) is 6.16. The van der Waals surface area contributed by atoms with E-state index in [1.807, 2.05) is 42.5 Å². The second kappa shape index (κ2) is 8.85. The van der Waals surface area contributed by atoms with Gasteiger partial charge in [-0.3, -0.25) is 9.10 Å². The highest BCUT2D eigenvalue weighted by Crippen LogP contribution is 2.30. The molecular weight excluding hydrogens is 412 g/mol. The number of carbonyl (C=O) groups is 1. The van der Waals surface area contributed by atoms with Gasteiger partial charge in [0.15, 0.2) is 5.78 Å². The van der Waals surface area contributed by atoms with Crippen LogP contribution in [0.25, 0.3) is 5.57 Å². The highest BCUT2D eigenvalue weighted by molar-refractivity contribution is 7.92. The molecule has 0 amide bonds. The molecule has 1 N–H and O–H groups in total. The van der Waals surface area contributed by atoms with Crippen molar-refractivity contribution in [2.75, 3.05) is 37.3 Å². The van der Waals surface area contributed by atoms with Gasteiger partial charge in [-0.05, 0) is 78.9 Å². The third-order valence-corrected chi connectivity index (χ3v) is 7.28. The number of fused-ring (bicyclic) bond motifs is 1. The van der Waals surface area contributed by atoms with Gasteiger partial charge in [-0.2, -0.15) is 0 Å². The number of ether oxygens (including phenoxy) is 1. The van der Waals surface area contributed by atoms with Crippen LogP contribution in [0.2, 0.25) is 0 Å². The Morgan fingerprint density at radius 1 is 1.00 bits per heavy atom. The van der Waals surface area contributed by atoms with Crippen LogP contribution in [0.4, 0.5) is 5.69 Å². The maximum absolute atomic E-state index is 12.0. The summed E-state index contributed by atoms with van der Waals surface area (Å²) in [5.74, 6) is 0.918. The predicted molar refractivity (Wildman–Crippen MR) is 123 cm³/mol. The summed E-state index contributed by atoms with van der Waals surface area (Å²) < 4.78 is 31.0. The maximum Gasteiger partial charge on any atom is 0.231 e. The van der Waals surface area contributed by atoms with Crippen LogP contribution in [0.3, 0.4) is 0 Å². The van der Waals surface area contributed by atoms with Crippen LogP contribution >= 0.6 is 0 Å². The lowest BCUT2D eigenvalue weighted by Crippen LogP contribution is -2.24. The van der Waals surface area contributed by atoms with Gasteiger partial charge in [0.25, 0.3) is 0 Å². The molecule has 0 radical (unpaired) electrons. The summed E-state index contributed by atoms with van der Waals surface area (Å²) in [7, 11) is -1.74. The van der Waals surface area contributed by atoms with Crippen LogP contribution in [0.1, 0.15) is 40.7 Å². The minimum absolute atomic E-state index is 0.193. The van der Waals surface area contributed by atoms with E-state index in [9.17, 15) is 13.2 Å². The number of rotatable bonds is 6.